The van der Waals surface area contributed by atoms with Crippen LogP contribution in [0, 0.1) is 17.3 Å². The first-order chi connectivity index (χ1) is 6.97. The van der Waals surface area contributed by atoms with E-state index in [1.807, 2.05) is 0 Å². The Morgan fingerprint density at radius 2 is 2.27 bits per heavy atom. The second kappa shape index (κ2) is 3.48. The predicted octanol–water partition coefficient (Wildman–Crippen LogP) is 3.31. The molecule has 0 radical (unpaired) electrons. The maximum absolute atomic E-state index is 10.1. The molecule has 1 fully saturated rings. The minimum Gasteiger partial charge on any atom is -0.392 e. The van der Waals surface area contributed by atoms with Crippen molar-refractivity contribution in [2.45, 2.75) is 46.1 Å². The summed E-state index contributed by atoms with van der Waals surface area (Å²) >= 11 is 0. The summed E-state index contributed by atoms with van der Waals surface area (Å²) in [5.74, 6) is 0.942. The molecule has 1 nitrogen and oxygen atoms in total. The minimum atomic E-state index is -0.135. The van der Waals surface area contributed by atoms with Crippen molar-refractivity contribution in [3.63, 3.8) is 0 Å². The summed E-state index contributed by atoms with van der Waals surface area (Å²) in [4.78, 5) is 0. The van der Waals surface area contributed by atoms with E-state index in [-0.39, 0.29) is 11.5 Å². The highest BCUT2D eigenvalue weighted by Crippen LogP contribution is 2.55. The van der Waals surface area contributed by atoms with Gasteiger partial charge in [-0.3, -0.25) is 0 Å². The Morgan fingerprint density at radius 1 is 1.60 bits per heavy atom. The van der Waals surface area contributed by atoms with Crippen LogP contribution in [0.4, 0.5) is 0 Å². The third kappa shape index (κ3) is 1.48. The van der Waals surface area contributed by atoms with Crippen molar-refractivity contribution in [3.8, 4) is 0 Å². The first kappa shape index (κ1) is 10.9. The highest BCUT2D eigenvalue weighted by Gasteiger charge is 2.47. The fraction of sp³-hybridized carbons (Fsp3) is 0.714. The van der Waals surface area contributed by atoms with Gasteiger partial charge in [-0.2, -0.15) is 0 Å². The van der Waals surface area contributed by atoms with Crippen LogP contribution in [0.25, 0.3) is 0 Å². The molecule has 0 unspecified atom stereocenters. The van der Waals surface area contributed by atoms with E-state index in [1.54, 1.807) is 0 Å². The number of fused-ring (bicyclic) bond motifs is 2. The molecule has 4 atom stereocenters. The summed E-state index contributed by atoms with van der Waals surface area (Å²) in [7, 11) is 0. The number of hydrogen-bond acceptors (Lipinski definition) is 1. The van der Waals surface area contributed by atoms with Crippen LogP contribution in [0.3, 0.4) is 0 Å². The van der Waals surface area contributed by atoms with Gasteiger partial charge in [0.05, 0.1) is 6.10 Å². The van der Waals surface area contributed by atoms with Gasteiger partial charge in [0, 0.05) is 5.92 Å². The molecule has 0 heterocycles. The van der Waals surface area contributed by atoms with Crippen molar-refractivity contribution in [2.75, 3.05) is 0 Å². The fourth-order valence-corrected chi connectivity index (χ4v) is 3.49. The van der Waals surface area contributed by atoms with Crippen LogP contribution in [0.1, 0.15) is 40.0 Å². The zero-order valence-electron chi connectivity index (χ0n) is 10.1. The van der Waals surface area contributed by atoms with Gasteiger partial charge in [-0.25, -0.2) is 0 Å². The quantitative estimate of drug-likeness (QED) is 0.653. The number of hydrogen-bond donors (Lipinski definition) is 1. The first-order valence-corrected chi connectivity index (χ1v) is 5.98. The lowest BCUT2D eigenvalue weighted by Gasteiger charge is -2.51. The van der Waals surface area contributed by atoms with Crippen LogP contribution in [-0.2, 0) is 0 Å². The number of aliphatic hydroxyl groups is 1. The molecule has 2 aliphatic rings. The molecule has 0 aromatic heterocycles. The summed E-state index contributed by atoms with van der Waals surface area (Å²) in [6.07, 6.45) is 5.35. The van der Waals surface area contributed by atoms with Crippen LogP contribution >= 0.6 is 0 Å². The van der Waals surface area contributed by atoms with E-state index in [0.717, 1.165) is 19.3 Å². The van der Waals surface area contributed by atoms with Crippen molar-refractivity contribution >= 4 is 0 Å². The van der Waals surface area contributed by atoms with Gasteiger partial charge in [-0.1, -0.05) is 30.7 Å². The van der Waals surface area contributed by atoms with Crippen molar-refractivity contribution < 1.29 is 5.11 Å². The second-order valence-electron chi connectivity index (χ2n) is 5.60. The zero-order valence-corrected chi connectivity index (χ0v) is 10.1. The van der Waals surface area contributed by atoms with Gasteiger partial charge in [0.25, 0.3) is 0 Å². The normalized spacial score (nSPS) is 44.8. The van der Waals surface area contributed by atoms with E-state index in [9.17, 15) is 5.11 Å². The Balaban J connectivity index is 2.39. The lowest BCUT2D eigenvalue weighted by Crippen LogP contribution is -2.45. The molecule has 84 valence electrons. The zero-order chi connectivity index (χ0) is 11.2. The number of allylic oxidation sites excluding steroid dienone is 2. The Kier molecular flexibility index (Phi) is 2.54. The lowest BCUT2D eigenvalue weighted by molar-refractivity contribution is -0.00600. The van der Waals surface area contributed by atoms with Gasteiger partial charge >= 0.3 is 0 Å². The average molecular weight is 206 g/mol. The topological polar surface area (TPSA) is 20.2 Å². The van der Waals surface area contributed by atoms with Gasteiger partial charge in [0.15, 0.2) is 0 Å². The third-order valence-electron chi connectivity index (χ3n) is 4.81. The van der Waals surface area contributed by atoms with Gasteiger partial charge in [-0.05, 0) is 44.4 Å². The summed E-state index contributed by atoms with van der Waals surface area (Å²) in [5.41, 5.74) is 2.95. The molecule has 0 aliphatic heterocycles. The number of rotatable bonds is 1. The predicted molar refractivity (Wildman–Crippen MR) is 63.5 cm³/mol. The molecule has 0 aromatic carbocycles. The Bertz CT molecular complexity index is 315. The van der Waals surface area contributed by atoms with Crippen molar-refractivity contribution in [1.82, 2.24) is 0 Å². The SMILES string of the molecule is C=C(C)[C@@]12CC=C(C)[C@H](C1)[C@@H](O)C[C@H]2C. The molecule has 0 amide bonds. The fourth-order valence-electron chi connectivity index (χ4n) is 3.49. The molecule has 1 heteroatoms. The summed E-state index contributed by atoms with van der Waals surface area (Å²) in [6.45, 7) is 10.8. The van der Waals surface area contributed by atoms with E-state index in [0.29, 0.717) is 11.8 Å². The van der Waals surface area contributed by atoms with Crippen LogP contribution in [0.5, 0.6) is 0 Å². The third-order valence-corrected chi connectivity index (χ3v) is 4.81. The molecule has 1 N–H and O–H groups in total. The molecular weight excluding hydrogens is 184 g/mol. The molecule has 15 heavy (non-hydrogen) atoms. The molecule has 2 rings (SSSR count). The maximum Gasteiger partial charge on any atom is 0.0608 e. The lowest BCUT2D eigenvalue weighted by atomic mass is 9.54. The van der Waals surface area contributed by atoms with Crippen molar-refractivity contribution in [2.24, 2.45) is 17.3 Å². The van der Waals surface area contributed by atoms with Gasteiger partial charge in [0.2, 0.25) is 0 Å². The first-order valence-electron chi connectivity index (χ1n) is 5.98. The van der Waals surface area contributed by atoms with Gasteiger partial charge in [0.1, 0.15) is 0 Å². The Hall–Kier alpha value is -0.560. The maximum atomic E-state index is 10.1. The van der Waals surface area contributed by atoms with Crippen LogP contribution in [0.2, 0.25) is 0 Å². The summed E-state index contributed by atoms with van der Waals surface area (Å²) in [5, 5.41) is 10.1. The Labute approximate surface area is 92.9 Å². The molecule has 0 saturated heterocycles. The van der Waals surface area contributed by atoms with Crippen LogP contribution in [0.15, 0.2) is 23.8 Å². The highest BCUT2D eigenvalue weighted by molar-refractivity contribution is 5.24. The van der Waals surface area contributed by atoms with E-state index in [4.69, 9.17) is 0 Å². The monoisotopic (exact) mass is 206 g/mol. The van der Waals surface area contributed by atoms with Gasteiger partial charge < -0.3 is 5.11 Å². The highest BCUT2D eigenvalue weighted by atomic mass is 16.3. The Morgan fingerprint density at radius 3 is 2.87 bits per heavy atom. The smallest absolute Gasteiger partial charge is 0.0608 e. The minimum absolute atomic E-state index is 0.135. The largest absolute Gasteiger partial charge is 0.392 e. The summed E-state index contributed by atoms with van der Waals surface area (Å²) in [6, 6.07) is 0. The molecule has 1 saturated carbocycles. The molecular formula is C14H22O. The van der Waals surface area contributed by atoms with Crippen molar-refractivity contribution in [3.05, 3.63) is 23.8 Å². The summed E-state index contributed by atoms with van der Waals surface area (Å²) < 4.78 is 0. The van der Waals surface area contributed by atoms with Gasteiger partial charge in [-0.15, -0.1) is 0 Å². The molecule has 0 aromatic rings. The van der Waals surface area contributed by atoms with Crippen molar-refractivity contribution in [1.29, 1.82) is 0 Å². The molecule has 0 spiro atoms. The average Bonchev–Trinajstić information content (AvgIpc) is 2.16. The molecule has 2 bridgehead atoms. The number of aliphatic hydroxyl groups excluding tert-OH is 1. The standard InChI is InChI=1S/C14H22O/c1-9(2)14-6-5-10(3)12(8-14)13(15)7-11(14)4/h5,11-13,15H,1,6-8H2,2-4H3/t11-,12+,13+,14-/m1/s1. The van der Waals surface area contributed by atoms with E-state index < -0.39 is 0 Å². The van der Waals surface area contributed by atoms with E-state index >= 15 is 0 Å². The molecule has 2 aliphatic carbocycles. The van der Waals surface area contributed by atoms with E-state index in [2.05, 4.69) is 33.4 Å². The van der Waals surface area contributed by atoms with Crippen LogP contribution in [-0.4, -0.2) is 11.2 Å². The van der Waals surface area contributed by atoms with E-state index in [1.165, 1.54) is 11.1 Å². The second-order valence-corrected chi connectivity index (χ2v) is 5.60. The van der Waals surface area contributed by atoms with Crippen LogP contribution < -0.4 is 0 Å².